The summed E-state index contributed by atoms with van der Waals surface area (Å²) in [6, 6.07) is 6.52. The van der Waals surface area contributed by atoms with E-state index in [2.05, 4.69) is 30.1 Å². The van der Waals surface area contributed by atoms with Gasteiger partial charge in [0.05, 0.1) is 6.61 Å². The van der Waals surface area contributed by atoms with E-state index in [4.69, 9.17) is 16.2 Å². The van der Waals surface area contributed by atoms with Crippen molar-refractivity contribution in [3.8, 4) is 5.75 Å². The second-order valence-electron chi connectivity index (χ2n) is 5.09. The highest BCUT2D eigenvalue weighted by atomic mass is 16.5. The molecule has 0 aliphatic carbocycles. The van der Waals surface area contributed by atoms with Gasteiger partial charge in [-0.05, 0) is 37.1 Å². The van der Waals surface area contributed by atoms with E-state index in [-0.39, 0.29) is 6.04 Å². The fraction of sp³-hybridized carbons (Fsp3) is 0.571. The zero-order valence-corrected chi connectivity index (χ0v) is 11.1. The summed E-state index contributed by atoms with van der Waals surface area (Å²) in [7, 11) is 2.07. The molecule has 4 heteroatoms. The molecule has 0 fully saturated rings. The Hall–Kier alpha value is -1.10. The summed E-state index contributed by atoms with van der Waals surface area (Å²) in [5.41, 5.74) is 14.0. The van der Waals surface area contributed by atoms with Gasteiger partial charge in [0, 0.05) is 25.7 Å². The molecule has 0 amide bonds. The van der Waals surface area contributed by atoms with E-state index in [0.29, 0.717) is 6.54 Å². The van der Waals surface area contributed by atoms with Gasteiger partial charge in [0.2, 0.25) is 0 Å². The van der Waals surface area contributed by atoms with Gasteiger partial charge in [-0.25, -0.2) is 0 Å². The normalized spacial score (nSPS) is 16.2. The smallest absolute Gasteiger partial charge is 0.122 e. The maximum atomic E-state index is 5.85. The Morgan fingerprint density at radius 2 is 2.28 bits per heavy atom. The van der Waals surface area contributed by atoms with Crippen LogP contribution in [0.1, 0.15) is 17.5 Å². The van der Waals surface area contributed by atoms with Crippen LogP contribution in [-0.2, 0) is 13.0 Å². The standard InChI is InChI=1S/C14H23N3O/c1-17(10-13(16)8-15)9-11-4-5-14-12(7-11)3-2-6-18-14/h4-5,7,13H,2-3,6,8-10,15-16H2,1H3. The van der Waals surface area contributed by atoms with Crippen LogP contribution >= 0.6 is 0 Å². The molecule has 2 rings (SSSR count). The van der Waals surface area contributed by atoms with Crippen LogP contribution in [0.3, 0.4) is 0 Å². The average Bonchev–Trinajstić information content (AvgIpc) is 2.38. The van der Waals surface area contributed by atoms with Gasteiger partial charge in [-0.1, -0.05) is 12.1 Å². The Balaban J connectivity index is 1.97. The third-order valence-corrected chi connectivity index (χ3v) is 3.27. The van der Waals surface area contributed by atoms with E-state index in [1.54, 1.807) is 0 Å². The van der Waals surface area contributed by atoms with E-state index in [9.17, 15) is 0 Å². The monoisotopic (exact) mass is 249 g/mol. The summed E-state index contributed by atoms with van der Waals surface area (Å²) in [5.74, 6) is 1.05. The van der Waals surface area contributed by atoms with Crippen LogP contribution in [0.5, 0.6) is 5.75 Å². The van der Waals surface area contributed by atoms with Crippen LogP contribution in [0, 0.1) is 0 Å². The number of hydrogen-bond acceptors (Lipinski definition) is 4. The summed E-state index contributed by atoms with van der Waals surface area (Å²) in [5, 5.41) is 0. The molecule has 0 aromatic heterocycles. The molecule has 18 heavy (non-hydrogen) atoms. The van der Waals surface area contributed by atoms with Crippen LogP contribution < -0.4 is 16.2 Å². The SMILES string of the molecule is CN(Cc1ccc2c(c1)CCCO2)CC(N)CN. The minimum atomic E-state index is 0.0518. The van der Waals surface area contributed by atoms with Crippen molar-refractivity contribution in [2.45, 2.75) is 25.4 Å². The molecule has 100 valence electrons. The molecule has 1 aromatic rings. The first-order chi connectivity index (χ1) is 8.69. The first-order valence-electron chi connectivity index (χ1n) is 6.58. The third-order valence-electron chi connectivity index (χ3n) is 3.27. The number of ether oxygens (including phenoxy) is 1. The predicted molar refractivity (Wildman–Crippen MR) is 73.6 cm³/mol. The Labute approximate surface area is 109 Å². The zero-order chi connectivity index (χ0) is 13.0. The fourth-order valence-corrected chi connectivity index (χ4v) is 2.36. The molecule has 1 aliphatic rings. The molecule has 4 N–H and O–H groups in total. The van der Waals surface area contributed by atoms with Crippen LogP contribution in [0.4, 0.5) is 0 Å². The second-order valence-corrected chi connectivity index (χ2v) is 5.09. The summed E-state index contributed by atoms with van der Waals surface area (Å²) >= 11 is 0. The molecule has 0 saturated heterocycles. The zero-order valence-electron chi connectivity index (χ0n) is 11.1. The average molecular weight is 249 g/mol. The first kappa shape index (κ1) is 13.3. The highest BCUT2D eigenvalue weighted by molar-refractivity contribution is 5.38. The van der Waals surface area contributed by atoms with Crippen LogP contribution in [-0.4, -0.2) is 37.7 Å². The van der Waals surface area contributed by atoms with Gasteiger partial charge in [-0.2, -0.15) is 0 Å². The molecule has 0 radical (unpaired) electrons. The van der Waals surface area contributed by atoms with Crippen molar-refractivity contribution in [2.75, 3.05) is 26.7 Å². The lowest BCUT2D eigenvalue weighted by molar-refractivity contribution is 0.286. The van der Waals surface area contributed by atoms with Crippen molar-refractivity contribution in [2.24, 2.45) is 11.5 Å². The van der Waals surface area contributed by atoms with Crippen LogP contribution in [0.2, 0.25) is 0 Å². The van der Waals surface area contributed by atoms with E-state index in [1.807, 2.05) is 0 Å². The highest BCUT2D eigenvalue weighted by Crippen LogP contribution is 2.25. The number of rotatable bonds is 5. The van der Waals surface area contributed by atoms with Gasteiger partial charge in [0.1, 0.15) is 5.75 Å². The van der Waals surface area contributed by atoms with Crippen LogP contribution in [0.25, 0.3) is 0 Å². The number of benzene rings is 1. The minimum absolute atomic E-state index is 0.0518. The minimum Gasteiger partial charge on any atom is -0.493 e. The number of likely N-dealkylation sites (N-methyl/N-ethyl adjacent to an activating group) is 1. The lowest BCUT2D eigenvalue weighted by atomic mass is 10.0. The number of nitrogens with two attached hydrogens (primary N) is 2. The molecule has 0 saturated carbocycles. The number of fused-ring (bicyclic) bond motifs is 1. The van der Waals surface area contributed by atoms with Gasteiger partial charge < -0.3 is 21.1 Å². The quantitative estimate of drug-likeness (QED) is 0.807. The van der Waals surface area contributed by atoms with Crippen molar-refractivity contribution in [1.29, 1.82) is 0 Å². The molecule has 1 heterocycles. The van der Waals surface area contributed by atoms with Crippen molar-refractivity contribution in [3.05, 3.63) is 29.3 Å². The summed E-state index contributed by atoms with van der Waals surface area (Å²) in [6.45, 7) is 3.10. The number of aryl methyl sites for hydroxylation is 1. The Kier molecular flexibility index (Phi) is 4.58. The van der Waals surface area contributed by atoms with Gasteiger partial charge in [0.25, 0.3) is 0 Å². The third kappa shape index (κ3) is 3.45. The predicted octanol–water partition coefficient (Wildman–Crippen LogP) is 0.729. The van der Waals surface area contributed by atoms with Crippen LogP contribution in [0.15, 0.2) is 18.2 Å². The van der Waals surface area contributed by atoms with Crippen molar-refractivity contribution < 1.29 is 4.74 Å². The molecule has 1 atom stereocenters. The number of nitrogens with zero attached hydrogens (tertiary/aromatic N) is 1. The van der Waals surface area contributed by atoms with Gasteiger partial charge in [-0.3, -0.25) is 0 Å². The molecule has 1 unspecified atom stereocenters. The first-order valence-corrected chi connectivity index (χ1v) is 6.58. The van der Waals surface area contributed by atoms with Crippen molar-refractivity contribution >= 4 is 0 Å². The van der Waals surface area contributed by atoms with E-state index < -0.39 is 0 Å². The molecule has 0 spiro atoms. The highest BCUT2D eigenvalue weighted by Gasteiger charge is 2.12. The van der Waals surface area contributed by atoms with Crippen molar-refractivity contribution in [3.63, 3.8) is 0 Å². The summed E-state index contributed by atoms with van der Waals surface area (Å²) < 4.78 is 5.62. The largest absolute Gasteiger partial charge is 0.493 e. The van der Waals surface area contributed by atoms with Gasteiger partial charge >= 0.3 is 0 Å². The lowest BCUT2D eigenvalue weighted by Crippen LogP contribution is -2.40. The van der Waals surface area contributed by atoms with E-state index >= 15 is 0 Å². The molecular weight excluding hydrogens is 226 g/mol. The Morgan fingerprint density at radius 3 is 3.06 bits per heavy atom. The maximum Gasteiger partial charge on any atom is 0.122 e. The lowest BCUT2D eigenvalue weighted by Gasteiger charge is -2.22. The summed E-state index contributed by atoms with van der Waals surface area (Å²) in [4.78, 5) is 2.21. The van der Waals surface area contributed by atoms with E-state index in [1.165, 1.54) is 11.1 Å². The second kappa shape index (κ2) is 6.18. The van der Waals surface area contributed by atoms with E-state index in [0.717, 1.165) is 38.3 Å². The topological polar surface area (TPSA) is 64.5 Å². The molecule has 1 aromatic carbocycles. The maximum absolute atomic E-state index is 5.85. The fourth-order valence-electron chi connectivity index (χ4n) is 2.36. The van der Waals surface area contributed by atoms with Gasteiger partial charge in [0.15, 0.2) is 0 Å². The summed E-state index contributed by atoms with van der Waals surface area (Å²) in [6.07, 6.45) is 2.24. The Morgan fingerprint density at radius 1 is 1.44 bits per heavy atom. The molecular formula is C14H23N3O. The van der Waals surface area contributed by atoms with Crippen molar-refractivity contribution in [1.82, 2.24) is 4.90 Å². The molecule has 0 bridgehead atoms. The Bertz CT molecular complexity index is 395. The van der Waals surface area contributed by atoms with Gasteiger partial charge in [-0.15, -0.1) is 0 Å². The number of hydrogen-bond donors (Lipinski definition) is 2. The molecule has 4 nitrogen and oxygen atoms in total. The molecule has 1 aliphatic heterocycles.